The van der Waals surface area contributed by atoms with Crippen LogP contribution in [0.5, 0.6) is 0 Å². The number of amides is 1. The van der Waals surface area contributed by atoms with Crippen molar-refractivity contribution in [2.24, 2.45) is 5.41 Å². The molecule has 0 aliphatic carbocycles. The molecule has 0 aromatic heterocycles. The van der Waals surface area contributed by atoms with Gasteiger partial charge in [-0.05, 0) is 49.5 Å². The highest BCUT2D eigenvalue weighted by Crippen LogP contribution is 2.64. The summed E-state index contributed by atoms with van der Waals surface area (Å²) in [7, 11) is 4.00. The molecule has 182 valence electrons. The fraction of sp³-hybridized carbons (Fsp3) is 0.267. The van der Waals surface area contributed by atoms with Crippen molar-refractivity contribution in [3.8, 4) is 0 Å². The molecule has 36 heavy (non-hydrogen) atoms. The average Bonchev–Trinajstić information content (AvgIpc) is 3.31. The maximum atomic E-state index is 14.9. The molecule has 2 saturated heterocycles. The molecular formula is C30H28ClN3O2. The fourth-order valence-corrected chi connectivity index (χ4v) is 7.10. The summed E-state index contributed by atoms with van der Waals surface area (Å²) in [4.78, 5) is 33.3. The van der Waals surface area contributed by atoms with Crippen molar-refractivity contribution in [2.75, 3.05) is 39.0 Å². The minimum atomic E-state index is -1.19. The van der Waals surface area contributed by atoms with Crippen molar-refractivity contribution in [2.45, 2.75) is 11.5 Å². The van der Waals surface area contributed by atoms with Crippen LogP contribution in [0.1, 0.15) is 22.6 Å². The number of anilines is 1. The molecule has 2 spiro atoms. The third-order valence-electron chi connectivity index (χ3n) is 8.22. The highest BCUT2D eigenvalue weighted by molar-refractivity contribution is 6.31. The number of halogens is 1. The number of hydrogen-bond donors (Lipinski definition) is 1. The summed E-state index contributed by atoms with van der Waals surface area (Å²) in [6, 6.07) is 25.6. The highest BCUT2D eigenvalue weighted by atomic mass is 35.5. The van der Waals surface area contributed by atoms with E-state index in [1.165, 1.54) is 0 Å². The normalized spacial score (nSPS) is 29.3. The number of hydrogen-bond acceptors (Lipinski definition) is 4. The van der Waals surface area contributed by atoms with Gasteiger partial charge in [0.1, 0.15) is 5.54 Å². The van der Waals surface area contributed by atoms with Gasteiger partial charge in [0.25, 0.3) is 5.91 Å². The molecule has 6 rings (SSSR count). The number of carbonyl (C=O) groups is 2. The molecular weight excluding hydrogens is 470 g/mol. The average molecular weight is 498 g/mol. The van der Waals surface area contributed by atoms with Crippen molar-refractivity contribution < 1.29 is 9.59 Å². The topological polar surface area (TPSA) is 52.7 Å². The summed E-state index contributed by atoms with van der Waals surface area (Å²) < 4.78 is 0. The summed E-state index contributed by atoms with van der Waals surface area (Å²) >= 11 is 6.50. The van der Waals surface area contributed by atoms with Gasteiger partial charge in [0.2, 0.25) is 0 Å². The van der Waals surface area contributed by atoms with Crippen LogP contribution in [0, 0.1) is 5.41 Å². The zero-order valence-corrected chi connectivity index (χ0v) is 21.1. The van der Waals surface area contributed by atoms with Gasteiger partial charge < -0.3 is 10.2 Å². The Morgan fingerprint density at radius 2 is 1.67 bits per heavy atom. The van der Waals surface area contributed by atoms with Gasteiger partial charge in [-0.1, -0.05) is 72.3 Å². The lowest BCUT2D eigenvalue weighted by Gasteiger charge is -2.50. The summed E-state index contributed by atoms with van der Waals surface area (Å²) in [5.41, 5.74) is 2.03. The number of benzene rings is 3. The second kappa shape index (κ2) is 8.41. The molecule has 3 aliphatic heterocycles. The number of carbonyl (C=O) groups excluding carboxylic acids is 2. The number of piperidine rings is 1. The summed E-state index contributed by atoms with van der Waals surface area (Å²) in [6.45, 7) is 1.56. The molecule has 5 nitrogen and oxygen atoms in total. The van der Waals surface area contributed by atoms with Crippen LogP contribution in [0.15, 0.2) is 84.4 Å². The molecule has 6 heteroatoms. The fourth-order valence-electron chi connectivity index (χ4n) is 6.93. The number of ketones is 1. The third-order valence-corrected chi connectivity index (χ3v) is 8.45. The minimum Gasteiger partial charge on any atom is -0.324 e. The second-order valence-electron chi connectivity index (χ2n) is 10.3. The molecule has 3 heterocycles. The molecule has 0 radical (unpaired) electrons. The second-order valence-corrected chi connectivity index (χ2v) is 10.7. The zero-order chi connectivity index (χ0) is 25.1. The van der Waals surface area contributed by atoms with E-state index in [1.54, 1.807) is 6.07 Å². The quantitative estimate of drug-likeness (QED) is 0.517. The number of rotatable bonds is 2. The van der Waals surface area contributed by atoms with E-state index in [9.17, 15) is 9.59 Å². The lowest BCUT2D eigenvalue weighted by molar-refractivity contribution is -0.146. The molecule has 3 atom stereocenters. The molecule has 3 aromatic rings. The standard InChI is InChI=1S/C30H28ClN3O2/c1-33-17-22(15-20-9-5-3-6-10-20)27(35)29(19-33)25(21-11-7-4-8-12-21)18-34(2)30(29)24-16-23(31)13-14-26(24)32-28(30)36/h3-16,25H,17-19H2,1-2H3,(H,32,36)/b22-15+/t25-,29+,30+/m0/s1. The summed E-state index contributed by atoms with van der Waals surface area (Å²) in [6.07, 6.45) is 1.99. The van der Waals surface area contributed by atoms with E-state index >= 15 is 0 Å². The first kappa shape index (κ1) is 23.2. The van der Waals surface area contributed by atoms with Gasteiger partial charge in [0.05, 0.1) is 5.41 Å². The number of Topliss-reactive ketones (excluding diaryl/α,β-unsaturated/α-hetero) is 1. The monoisotopic (exact) mass is 497 g/mol. The Morgan fingerprint density at radius 1 is 0.972 bits per heavy atom. The number of nitrogens with one attached hydrogen (secondary N) is 1. The van der Waals surface area contributed by atoms with Crippen LogP contribution >= 0.6 is 11.6 Å². The molecule has 3 aromatic carbocycles. The van der Waals surface area contributed by atoms with E-state index in [-0.39, 0.29) is 17.6 Å². The van der Waals surface area contributed by atoms with E-state index in [0.29, 0.717) is 30.2 Å². The Bertz CT molecular complexity index is 1390. The molecule has 3 aliphatic rings. The largest absolute Gasteiger partial charge is 0.324 e. The Labute approximate surface area is 216 Å². The van der Waals surface area contributed by atoms with E-state index < -0.39 is 11.0 Å². The Kier molecular flexibility index (Phi) is 5.41. The van der Waals surface area contributed by atoms with Crippen molar-refractivity contribution in [1.82, 2.24) is 9.80 Å². The summed E-state index contributed by atoms with van der Waals surface area (Å²) in [5, 5.41) is 3.65. The molecule has 0 unspecified atom stereocenters. The van der Waals surface area contributed by atoms with Crippen LogP contribution in [0.25, 0.3) is 6.08 Å². The maximum absolute atomic E-state index is 14.9. The van der Waals surface area contributed by atoms with Gasteiger partial charge in [-0.2, -0.15) is 0 Å². The van der Waals surface area contributed by atoms with Crippen molar-refractivity contribution in [3.63, 3.8) is 0 Å². The molecule has 0 saturated carbocycles. The van der Waals surface area contributed by atoms with Crippen LogP contribution in [0.3, 0.4) is 0 Å². The number of likely N-dealkylation sites (N-methyl/N-ethyl adjacent to an activating group) is 2. The smallest absolute Gasteiger partial charge is 0.250 e. The molecule has 1 N–H and O–H groups in total. The van der Waals surface area contributed by atoms with Crippen molar-refractivity contribution in [1.29, 1.82) is 0 Å². The Morgan fingerprint density at radius 3 is 2.39 bits per heavy atom. The van der Waals surface area contributed by atoms with Gasteiger partial charge in [-0.25, -0.2) is 0 Å². The van der Waals surface area contributed by atoms with Crippen LogP contribution in [0.4, 0.5) is 5.69 Å². The third kappa shape index (κ3) is 3.10. The highest BCUT2D eigenvalue weighted by Gasteiger charge is 2.74. The Hall–Kier alpha value is -3.25. The molecule has 2 fully saturated rings. The first-order valence-electron chi connectivity index (χ1n) is 12.2. The SMILES string of the molecule is CN1C/C(=C\c2ccccc2)C(=O)[C@@]2(C1)[C@H](c1ccccc1)CN(C)[C@]21C(=O)Nc2ccc(Cl)cc21. The lowest BCUT2D eigenvalue weighted by atomic mass is 9.56. The molecule has 0 bridgehead atoms. The van der Waals surface area contributed by atoms with Crippen LogP contribution < -0.4 is 5.32 Å². The predicted octanol–water partition coefficient (Wildman–Crippen LogP) is 4.80. The predicted molar refractivity (Wildman–Crippen MR) is 143 cm³/mol. The van der Waals surface area contributed by atoms with Gasteiger partial charge in [0, 0.05) is 47.4 Å². The first-order valence-corrected chi connectivity index (χ1v) is 12.6. The van der Waals surface area contributed by atoms with Crippen LogP contribution in [0.2, 0.25) is 5.02 Å². The van der Waals surface area contributed by atoms with E-state index in [4.69, 9.17) is 11.6 Å². The Balaban J connectivity index is 1.65. The van der Waals surface area contributed by atoms with Crippen molar-refractivity contribution in [3.05, 3.63) is 106 Å². The van der Waals surface area contributed by atoms with Crippen molar-refractivity contribution >= 4 is 35.1 Å². The molecule has 1 amide bonds. The number of fused-ring (bicyclic) bond motifs is 3. The van der Waals surface area contributed by atoms with Gasteiger partial charge in [-0.15, -0.1) is 0 Å². The number of likely N-dealkylation sites (tertiary alicyclic amines) is 2. The number of nitrogens with zero attached hydrogens (tertiary/aromatic N) is 2. The van der Waals surface area contributed by atoms with Gasteiger partial charge >= 0.3 is 0 Å². The summed E-state index contributed by atoms with van der Waals surface area (Å²) in [5.74, 6) is -0.317. The van der Waals surface area contributed by atoms with Gasteiger partial charge in [0.15, 0.2) is 5.78 Å². The maximum Gasteiger partial charge on any atom is 0.250 e. The van der Waals surface area contributed by atoms with Crippen LogP contribution in [-0.4, -0.2) is 55.2 Å². The first-order chi connectivity index (χ1) is 17.4. The van der Waals surface area contributed by atoms with E-state index in [0.717, 1.165) is 22.4 Å². The van der Waals surface area contributed by atoms with E-state index in [2.05, 4.69) is 27.2 Å². The van der Waals surface area contributed by atoms with E-state index in [1.807, 2.05) is 80.8 Å². The minimum absolute atomic E-state index is 0.0330. The zero-order valence-electron chi connectivity index (χ0n) is 20.4. The van der Waals surface area contributed by atoms with Crippen LogP contribution in [-0.2, 0) is 15.1 Å². The van der Waals surface area contributed by atoms with Gasteiger partial charge in [-0.3, -0.25) is 14.5 Å². The lowest BCUT2D eigenvalue weighted by Crippen LogP contribution is -2.65.